The van der Waals surface area contributed by atoms with Crippen molar-refractivity contribution in [2.24, 2.45) is 0 Å². The minimum Gasteiger partial charge on any atom is -0.607 e. The number of fused-ring (bicyclic) bond motifs is 1. The molecule has 4 rings (SSSR count). The average Bonchev–Trinajstić information content (AvgIpc) is 3.16. The number of hydrogen-bond donors (Lipinski definition) is 3. The van der Waals surface area contributed by atoms with Crippen LogP contribution >= 0.6 is 0 Å². The first-order valence-electron chi connectivity index (χ1n) is 9.46. The van der Waals surface area contributed by atoms with Crippen molar-refractivity contribution in [3.63, 3.8) is 0 Å². The van der Waals surface area contributed by atoms with E-state index in [2.05, 4.69) is 25.6 Å². The van der Waals surface area contributed by atoms with Crippen LogP contribution in [-0.4, -0.2) is 44.4 Å². The molecule has 1 aliphatic heterocycles. The monoisotopic (exact) mass is 459 g/mol. The van der Waals surface area contributed by atoms with Gasteiger partial charge in [0.15, 0.2) is 4.90 Å². The summed E-state index contributed by atoms with van der Waals surface area (Å²) in [4.78, 5) is 10.6. The van der Waals surface area contributed by atoms with E-state index in [-0.39, 0.29) is 33.7 Å². The molecule has 1 unspecified atom stereocenters. The van der Waals surface area contributed by atoms with E-state index >= 15 is 0 Å². The fourth-order valence-electron chi connectivity index (χ4n) is 3.55. The molecule has 1 fully saturated rings. The molecule has 0 amide bonds. The van der Waals surface area contributed by atoms with Crippen molar-refractivity contribution in [3.8, 4) is 11.3 Å². The molecule has 0 radical (unpaired) electrons. The molecule has 1 saturated heterocycles. The molecule has 31 heavy (non-hydrogen) atoms. The summed E-state index contributed by atoms with van der Waals surface area (Å²) in [5, 5.41) is 6.60. The van der Waals surface area contributed by atoms with Crippen LogP contribution in [0.4, 0.5) is 27.9 Å². The van der Waals surface area contributed by atoms with Crippen molar-refractivity contribution < 1.29 is 26.5 Å². The molecule has 3 N–H and O–H groups in total. The number of aromatic amines is 1. The maximum atomic E-state index is 13.6. The van der Waals surface area contributed by atoms with Gasteiger partial charge in [0, 0.05) is 42.0 Å². The lowest BCUT2D eigenvalue weighted by Gasteiger charge is -2.24. The van der Waals surface area contributed by atoms with Crippen molar-refractivity contribution in [2.45, 2.75) is 35.7 Å². The Morgan fingerprint density at radius 3 is 2.74 bits per heavy atom. The molecule has 166 valence electrons. The number of hydrogen-bond acceptors (Lipinski definition) is 5. The molecule has 1 aromatic carbocycles. The van der Waals surface area contributed by atoms with Crippen LogP contribution in [0.5, 0.6) is 0 Å². The number of anilines is 1. The SMILES string of the molecule is [O-][S+](c1ccc2c(-c3nc(N[C@H]4CCCNC4)ncc3C(F)(F)F)c[nH]c2c1)C(F)F. The van der Waals surface area contributed by atoms with Gasteiger partial charge >= 0.3 is 11.9 Å². The highest BCUT2D eigenvalue weighted by Gasteiger charge is 2.36. The largest absolute Gasteiger partial charge is 0.607 e. The molecule has 0 spiro atoms. The second kappa shape index (κ2) is 8.60. The van der Waals surface area contributed by atoms with Crippen LogP contribution in [0, 0.1) is 0 Å². The molecule has 2 aromatic heterocycles. The molecule has 3 aromatic rings. The molecular formula is C19H18F5N5OS. The van der Waals surface area contributed by atoms with Crippen molar-refractivity contribution in [3.05, 3.63) is 36.2 Å². The minimum absolute atomic E-state index is 0.00631. The molecule has 0 bridgehead atoms. The number of aromatic nitrogens is 3. The van der Waals surface area contributed by atoms with Gasteiger partial charge in [0.05, 0.1) is 22.4 Å². The molecule has 0 saturated carbocycles. The van der Waals surface area contributed by atoms with Crippen LogP contribution in [0.2, 0.25) is 0 Å². The maximum Gasteiger partial charge on any atom is 0.419 e. The van der Waals surface area contributed by atoms with E-state index in [1.54, 1.807) is 0 Å². The van der Waals surface area contributed by atoms with Gasteiger partial charge in [-0.05, 0) is 31.5 Å². The Labute approximate surface area is 176 Å². The number of nitrogens with one attached hydrogen (secondary N) is 3. The van der Waals surface area contributed by atoms with Gasteiger partial charge in [0.2, 0.25) is 5.95 Å². The number of benzene rings is 1. The summed E-state index contributed by atoms with van der Waals surface area (Å²) >= 11 is -2.53. The van der Waals surface area contributed by atoms with E-state index in [1.165, 1.54) is 24.4 Å². The molecule has 6 nitrogen and oxygen atoms in total. The van der Waals surface area contributed by atoms with Crippen molar-refractivity contribution in [1.29, 1.82) is 0 Å². The molecule has 1 aliphatic rings. The summed E-state index contributed by atoms with van der Waals surface area (Å²) in [5.74, 6) is -2.99. The number of nitrogens with zero attached hydrogens (tertiary/aromatic N) is 2. The summed E-state index contributed by atoms with van der Waals surface area (Å²) in [6.07, 6.45) is -0.871. The summed E-state index contributed by atoms with van der Waals surface area (Å²) in [6, 6.07) is 3.80. The zero-order chi connectivity index (χ0) is 22.2. The van der Waals surface area contributed by atoms with Crippen molar-refractivity contribution in [2.75, 3.05) is 18.4 Å². The van der Waals surface area contributed by atoms with E-state index < -0.39 is 28.7 Å². The number of halogens is 5. The Morgan fingerprint density at radius 1 is 1.26 bits per heavy atom. The van der Waals surface area contributed by atoms with Gasteiger partial charge in [-0.1, -0.05) is 0 Å². The maximum absolute atomic E-state index is 13.6. The lowest BCUT2D eigenvalue weighted by atomic mass is 10.1. The normalized spacial score (nSPS) is 18.5. The van der Waals surface area contributed by atoms with Gasteiger partial charge in [0.25, 0.3) is 0 Å². The summed E-state index contributed by atoms with van der Waals surface area (Å²) in [5.41, 5.74) is -0.924. The summed E-state index contributed by atoms with van der Waals surface area (Å²) in [7, 11) is 0. The van der Waals surface area contributed by atoms with Crippen molar-refractivity contribution in [1.82, 2.24) is 20.3 Å². The number of H-pyrrole nitrogens is 1. The Balaban J connectivity index is 1.75. The first-order valence-corrected chi connectivity index (χ1v) is 10.7. The fourth-order valence-corrected chi connectivity index (χ4v) is 4.19. The van der Waals surface area contributed by atoms with E-state index in [0.717, 1.165) is 25.6 Å². The zero-order valence-electron chi connectivity index (χ0n) is 16.0. The Morgan fingerprint density at radius 2 is 2.06 bits per heavy atom. The topological polar surface area (TPSA) is 88.7 Å². The van der Waals surface area contributed by atoms with Gasteiger partial charge in [0.1, 0.15) is 5.56 Å². The first kappa shape index (κ1) is 21.8. The van der Waals surface area contributed by atoms with Gasteiger partial charge in [-0.15, -0.1) is 0 Å². The number of piperidine rings is 1. The quantitative estimate of drug-likeness (QED) is 0.394. The minimum atomic E-state index is -4.69. The van der Waals surface area contributed by atoms with Crippen LogP contribution in [0.1, 0.15) is 18.4 Å². The van der Waals surface area contributed by atoms with E-state index in [0.29, 0.717) is 11.9 Å². The standard InChI is InChI=1S/C19H18F5N5OS/c20-17(21)31(30)11-3-4-12-13(8-26-15(12)6-11)16-14(19(22,23)24)9-27-18(29-16)28-10-2-1-5-25-7-10/h3-4,6,8-10,17,25-26H,1-2,5,7H2,(H,27,28,29)/t10-,31?/m0/s1. The van der Waals surface area contributed by atoms with Crippen LogP contribution in [0.15, 0.2) is 35.5 Å². The third kappa shape index (κ3) is 4.60. The van der Waals surface area contributed by atoms with Gasteiger partial charge in [-0.25, -0.2) is 9.97 Å². The second-order valence-corrected chi connectivity index (χ2v) is 8.53. The van der Waals surface area contributed by atoms with Gasteiger partial charge in [-0.3, -0.25) is 0 Å². The van der Waals surface area contributed by atoms with E-state index in [1.807, 2.05) is 0 Å². The van der Waals surface area contributed by atoms with Crippen LogP contribution in [0.25, 0.3) is 22.2 Å². The molecular weight excluding hydrogens is 441 g/mol. The highest BCUT2D eigenvalue weighted by atomic mass is 32.2. The lowest BCUT2D eigenvalue weighted by molar-refractivity contribution is -0.137. The summed E-state index contributed by atoms with van der Waals surface area (Å²) in [6.45, 7) is 1.53. The zero-order valence-corrected chi connectivity index (χ0v) is 16.8. The molecule has 12 heteroatoms. The molecule has 3 heterocycles. The predicted molar refractivity (Wildman–Crippen MR) is 106 cm³/mol. The van der Waals surface area contributed by atoms with Gasteiger partial charge in [-0.2, -0.15) is 22.0 Å². The Bertz CT molecular complexity index is 1070. The first-order chi connectivity index (χ1) is 14.7. The van der Waals surface area contributed by atoms with E-state index in [9.17, 15) is 26.5 Å². The third-order valence-corrected chi connectivity index (χ3v) is 6.07. The second-order valence-electron chi connectivity index (χ2n) is 7.11. The predicted octanol–water partition coefficient (Wildman–Crippen LogP) is 4.14. The average molecular weight is 459 g/mol. The lowest BCUT2D eigenvalue weighted by Crippen LogP contribution is -2.38. The molecule has 2 atom stereocenters. The van der Waals surface area contributed by atoms with Crippen LogP contribution in [0.3, 0.4) is 0 Å². The number of alkyl halides is 5. The van der Waals surface area contributed by atoms with Crippen molar-refractivity contribution >= 4 is 28.0 Å². The third-order valence-electron chi connectivity index (χ3n) is 5.03. The van der Waals surface area contributed by atoms with E-state index in [4.69, 9.17) is 0 Å². The highest BCUT2D eigenvalue weighted by Crippen LogP contribution is 2.39. The number of rotatable bonds is 5. The smallest absolute Gasteiger partial charge is 0.419 e. The Hall–Kier alpha value is -2.44. The Kier molecular flexibility index (Phi) is 6.04. The fraction of sp³-hybridized carbons (Fsp3) is 0.368. The van der Waals surface area contributed by atoms with Crippen LogP contribution < -0.4 is 10.6 Å². The summed E-state index contributed by atoms with van der Waals surface area (Å²) < 4.78 is 78.1. The molecule has 0 aliphatic carbocycles. The van der Waals surface area contributed by atoms with Crippen LogP contribution in [-0.2, 0) is 17.4 Å². The van der Waals surface area contributed by atoms with Gasteiger partial charge < -0.3 is 20.2 Å². The highest BCUT2D eigenvalue weighted by molar-refractivity contribution is 7.91.